The van der Waals surface area contributed by atoms with Crippen molar-refractivity contribution in [2.75, 3.05) is 6.54 Å². The minimum absolute atomic E-state index is 0.133. The molecule has 2 heterocycles. The van der Waals surface area contributed by atoms with Gasteiger partial charge in [-0.05, 0) is 25.8 Å². The third-order valence-corrected chi connectivity index (χ3v) is 5.04. The molecule has 0 aliphatic carbocycles. The predicted molar refractivity (Wildman–Crippen MR) is 87.7 cm³/mol. The number of nitrogens with one attached hydrogen (secondary N) is 1. The smallest absolute Gasteiger partial charge is 0.263 e. The summed E-state index contributed by atoms with van der Waals surface area (Å²) in [5.74, 6) is 0.400. The first-order valence-corrected chi connectivity index (χ1v) is 8.14. The van der Waals surface area contributed by atoms with Gasteiger partial charge in [0.2, 0.25) is 0 Å². The molecule has 0 aromatic carbocycles. The van der Waals surface area contributed by atoms with Crippen molar-refractivity contribution < 1.29 is 4.79 Å². The van der Waals surface area contributed by atoms with E-state index in [0.717, 1.165) is 12.8 Å². The van der Waals surface area contributed by atoms with Gasteiger partial charge in [0.1, 0.15) is 4.88 Å². The van der Waals surface area contributed by atoms with Gasteiger partial charge in [-0.15, -0.1) is 11.3 Å². The molecule has 0 saturated carbocycles. The molecule has 0 atom stereocenters. The van der Waals surface area contributed by atoms with Crippen molar-refractivity contribution in [2.45, 2.75) is 39.2 Å². The number of carbonyl (C=O) groups excluding carboxylic acids is 1. The van der Waals surface area contributed by atoms with Gasteiger partial charge in [-0.3, -0.25) is 4.79 Å². The fourth-order valence-electron chi connectivity index (χ4n) is 2.18. The maximum atomic E-state index is 12.6. The van der Waals surface area contributed by atoms with Crippen LogP contribution in [0.1, 0.15) is 42.1 Å². The molecule has 0 bridgehead atoms. The fourth-order valence-corrected chi connectivity index (χ4v) is 3.09. The van der Waals surface area contributed by atoms with E-state index in [1.807, 2.05) is 20.8 Å². The highest BCUT2D eigenvalue weighted by Gasteiger charge is 2.28. The lowest BCUT2D eigenvalue weighted by Gasteiger charge is -2.31. The van der Waals surface area contributed by atoms with Crippen molar-refractivity contribution in [3.63, 3.8) is 0 Å². The van der Waals surface area contributed by atoms with Crippen LogP contribution in [-0.4, -0.2) is 32.9 Å². The van der Waals surface area contributed by atoms with Gasteiger partial charge >= 0.3 is 0 Å². The molecule has 2 aromatic heterocycles. The maximum absolute atomic E-state index is 12.6. The molecule has 0 fully saturated rings. The van der Waals surface area contributed by atoms with Crippen molar-refractivity contribution in [3.8, 4) is 10.8 Å². The second kappa shape index (κ2) is 6.93. The van der Waals surface area contributed by atoms with Gasteiger partial charge < -0.3 is 11.1 Å². The van der Waals surface area contributed by atoms with Crippen LogP contribution in [0.4, 0.5) is 0 Å². The zero-order valence-electron chi connectivity index (χ0n) is 13.1. The van der Waals surface area contributed by atoms with Crippen LogP contribution in [0.25, 0.3) is 10.8 Å². The Labute approximate surface area is 134 Å². The first-order chi connectivity index (χ1) is 10.5. The van der Waals surface area contributed by atoms with Gasteiger partial charge in [0.25, 0.3) is 5.91 Å². The van der Waals surface area contributed by atoms with E-state index in [0.29, 0.717) is 27.9 Å². The lowest BCUT2D eigenvalue weighted by atomic mass is 9.93. The minimum Gasteiger partial charge on any atom is -0.345 e. The molecule has 0 spiro atoms. The molecule has 0 radical (unpaired) electrons. The highest BCUT2D eigenvalue weighted by atomic mass is 32.1. The van der Waals surface area contributed by atoms with Crippen LogP contribution in [0.3, 0.4) is 0 Å². The second-order valence-corrected chi connectivity index (χ2v) is 6.15. The number of amides is 1. The number of aryl methyl sites for hydroxylation is 1. The SMILES string of the molecule is CCC(CC)(CN)NC(=O)c1sc(-c2ncccn2)nc1C. The van der Waals surface area contributed by atoms with Crippen LogP contribution < -0.4 is 11.1 Å². The van der Waals surface area contributed by atoms with E-state index < -0.39 is 0 Å². The number of rotatable bonds is 6. The molecule has 0 aliphatic heterocycles. The number of hydrogen-bond donors (Lipinski definition) is 2. The molecule has 1 amide bonds. The highest BCUT2D eigenvalue weighted by molar-refractivity contribution is 7.17. The summed E-state index contributed by atoms with van der Waals surface area (Å²) in [7, 11) is 0. The maximum Gasteiger partial charge on any atom is 0.263 e. The third kappa shape index (κ3) is 3.31. The standard InChI is InChI=1S/C15H21N5OS/c1-4-15(5-2,9-16)20-13(21)11-10(3)19-14(22-11)12-17-7-6-8-18-12/h6-8H,4-5,9,16H2,1-3H3,(H,20,21). The third-order valence-electron chi connectivity index (χ3n) is 3.88. The summed E-state index contributed by atoms with van der Waals surface area (Å²) >= 11 is 1.30. The van der Waals surface area contributed by atoms with E-state index >= 15 is 0 Å². The Hall–Kier alpha value is -1.86. The van der Waals surface area contributed by atoms with Crippen molar-refractivity contribution >= 4 is 17.2 Å². The predicted octanol–water partition coefficient (Wildman–Crippen LogP) is 2.16. The monoisotopic (exact) mass is 319 g/mol. The fraction of sp³-hybridized carbons (Fsp3) is 0.467. The lowest BCUT2D eigenvalue weighted by Crippen LogP contribution is -2.52. The summed E-state index contributed by atoms with van der Waals surface area (Å²) in [6.45, 7) is 6.29. The van der Waals surface area contributed by atoms with E-state index in [2.05, 4.69) is 20.3 Å². The Balaban J connectivity index is 2.26. The number of nitrogens with zero attached hydrogens (tertiary/aromatic N) is 3. The Morgan fingerprint density at radius 2 is 1.95 bits per heavy atom. The second-order valence-electron chi connectivity index (χ2n) is 5.15. The molecule has 0 saturated heterocycles. The Bertz CT molecular complexity index is 628. The summed E-state index contributed by atoms with van der Waals surface area (Å²) in [5, 5.41) is 3.71. The van der Waals surface area contributed by atoms with Gasteiger partial charge in [0.05, 0.1) is 11.2 Å². The number of thiazole rings is 1. The van der Waals surface area contributed by atoms with Crippen LogP contribution in [0.2, 0.25) is 0 Å². The van der Waals surface area contributed by atoms with Gasteiger partial charge in [-0.25, -0.2) is 15.0 Å². The lowest BCUT2D eigenvalue weighted by molar-refractivity contribution is 0.0898. The van der Waals surface area contributed by atoms with Crippen molar-refractivity contribution in [2.24, 2.45) is 5.73 Å². The van der Waals surface area contributed by atoms with E-state index in [4.69, 9.17) is 5.73 Å². The summed E-state index contributed by atoms with van der Waals surface area (Å²) in [4.78, 5) is 25.9. The van der Waals surface area contributed by atoms with Gasteiger partial charge in [-0.1, -0.05) is 13.8 Å². The zero-order chi connectivity index (χ0) is 16.2. The van der Waals surface area contributed by atoms with Gasteiger partial charge in [-0.2, -0.15) is 0 Å². The highest BCUT2D eigenvalue weighted by Crippen LogP contribution is 2.26. The molecular weight excluding hydrogens is 298 g/mol. The van der Waals surface area contributed by atoms with Crippen LogP contribution in [0, 0.1) is 6.92 Å². The summed E-state index contributed by atoms with van der Waals surface area (Å²) in [6.07, 6.45) is 4.90. The summed E-state index contributed by atoms with van der Waals surface area (Å²) in [6, 6.07) is 1.75. The Kier molecular flexibility index (Phi) is 5.20. The van der Waals surface area contributed by atoms with E-state index in [1.165, 1.54) is 11.3 Å². The number of nitrogens with two attached hydrogens (primary N) is 1. The number of aromatic nitrogens is 3. The number of carbonyl (C=O) groups is 1. The molecule has 118 valence electrons. The summed E-state index contributed by atoms with van der Waals surface area (Å²) in [5.41, 5.74) is 6.16. The molecule has 0 aliphatic rings. The summed E-state index contributed by atoms with van der Waals surface area (Å²) < 4.78 is 0. The van der Waals surface area contributed by atoms with Crippen molar-refractivity contribution in [3.05, 3.63) is 29.0 Å². The zero-order valence-corrected chi connectivity index (χ0v) is 13.9. The number of hydrogen-bond acceptors (Lipinski definition) is 6. The Morgan fingerprint density at radius 3 is 2.50 bits per heavy atom. The average Bonchev–Trinajstić information content (AvgIpc) is 2.95. The first kappa shape index (κ1) is 16.5. The van der Waals surface area contributed by atoms with Crippen LogP contribution >= 0.6 is 11.3 Å². The minimum atomic E-state index is -0.364. The van der Waals surface area contributed by atoms with E-state index in [1.54, 1.807) is 18.5 Å². The van der Waals surface area contributed by atoms with E-state index in [-0.39, 0.29) is 11.4 Å². The van der Waals surface area contributed by atoms with E-state index in [9.17, 15) is 4.79 Å². The average molecular weight is 319 g/mol. The van der Waals surface area contributed by atoms with Crippen molar-refractivity contribution in [1.29, 1.82) is 0 Å². The van der Waals surface area contributed by atoms with Gasteiger partial charge in [0.15, 0.2) is 10.8 Å². The molecule has 0 unspecified atom stereocenters. The molecular formula is C15H21N5OS. The molecule has 22 heavy (non-hydrogen) atoms. The topological polar surface area (TPSA) is 93.8 Å². The van der Waals surface area contributed by atoms with Gasteiger partial charge in [0, 0.05) is 18.9 Å². The van der Waals surface area contributed by atoms with Crippen LogP contribution in [0.5, 0.6) is 0 Å². The van der Waals surface area contributed by atoms with Crippen LogP contribution in [-0.2, 0) is 0 Å². The molecule has 2 aromatic rings. The Morgan fingerprint density at radius 1 is 1.32 bits per heavy atom. The molecule has 7 heteroatoms. The van der Waals surface area contributed by atoms with Crippen molar-refractivity contribution in [1.82, 2.24) is 20.3 Å². The molecule has 6 nitrogen and oxygen atoms in total. The molecule has 3 N–H and O–H groups in total. The first-order valence-electron chi connectivity index (χ1n) is 7.32. The van der Waals surface area contributed by atoms with Crippen LogP contribution in [0.15, 0.2) is 18.5 Å². The largest absolute Gasteiger partial charge is 0.345 e. The normalized spacial score (nSPS) is 11.5. The quantitative estimate of drug-likeness (QED) is 0.851. The molecule has 2 rings (SSSR count).